The summed E-state index contributed by atoms with van der Waals surface area (Å²) in [7, 11) is 0. The topological polar surface area (TPSA) is 32.5 Å². The molecule has 0 spiro atoms. The highest BCUT2D eigenvalue weighted by atomic mass is 32.2. The molecule has 2 N–H and O–H groups in total. The predicted molar refractivity (Wildman–Crippen MR) is 90.5 cm³/mol. The number of likely N-dealkylation sites (tertiary alicyclic amines) is 2. The summed E-state index contributed by atoms with van der Waals surface area (Å²) in [6, 6.07) is 1.49. The smallest absolute Gasteiger partial charge is 0.0218 e. The third kappa shape index (κ3) is 4.90. The predicted octanol–water partition coefficient (Wildman–Crippen LogP) is 2.41. The first-order chi connectivity index (χ1) is 9.85. The van der Waals surface area contributed by atoms with E-state index in [1.54, 1.807) is 0 Å². The highest BCUT2D eigenvalue weighted by Gasteiger charge is 2.28. The lowest BCUT2D eigenvalue weighted by Gasteiger charge is -2.42. The van der Waals surface area contributed by atoms with Gasteiger partial charge in [0.1, 0.15) is 0 Å². The Labute approximate surface area is 129 Å². The lowest BCUT2D eigenvalue weighted by Crippen LogP contribution is -2.51. The van der Waals surface area contributed by atoms with Crippen LogP contribution in [0.1, 0.15) is 44.9 Å². The second-order valence-corrected chi connectivity index (χ2v) is 7.37. The molecule has 0 bridgehead atoms. The van der Waals surface area contributed by atoms with Crippen molar-refractivity contribution in [2.24, 2.45) is 5.73 Å². The van der Waals surface area contributed by atoms with Crippen molar-refractivity contribution in [3.05, 3.63) is 0 Å². The van der Waals surface area contributed by atoms with E-state index in [1.807, 2.05) is 11.8 Å². The minimum Gasteiger partial charge on any atom is -0.329 e. The van der Waals surface area contributed by atoms with Crippen LogP contribution in [0.15, 0.2) is 0 Å². The molecular formula is C16H33N3S. The van der Waals surface area contributed by atoms with Crippen LogP contribution in [0.5, 0.6) is 0 Å². The summed E-state index contributed by atoms with van der Waals surface area (Å²) in [4.78, 5) is 5.42. The fourth-order valence-corrected chi connectivity index (χ4v) is 4.27. The van der Waals surface area contributed by atoms with Gasteiger partial charge in [-0.2, -0.15) is 11.8 Å². The van der Waals surface area contributed by atoms with E-state index in [-0.39, 0.29) is 0 Å². The molecule has 118 valence electrons. The molecule has 1 atom stereocenters. The molecule has 0 radical (unpaired) electrons. The maximum atomic E-state index is 6.00. The van der Waals surface area contributed by atoms with Crippen molar-refractivity contribution in [3.8, 4) is 0 Å². The van der Waals surface area contributed by atoms with Crippen LogP contribution >= 0.6 is 11.8 Å². The first-order valence-corrected chi connectivity index (χ1v) is 9.91. The van der Waals surface area contributed by atoms with Gasteiger partial charge in [0, 0.05) is 18.6 Å². The molecule has 2 rings (SSSR count). The number of nitrogens with zero attached hydrogens (tertiary/aromatic N) is 2. The van der Waals surface area contributed by atoms with Crippen LogP contribution in [0.4, 0.5) is 0 Å². The lowest BCUT2D eigenvalue weighted by molar-refractivity contribution is 0.0715. The summed E-state index contributed by atoms with van der Waals surface area (Å²) in [5, 5.41) is 0. The zero-order valence-electron chi connectivity index (χ0n) is 13.2. The number of hydrogen-bond acceptors (Lipinski definition) is 4. The Bertz CT molecular complexity index is 248. The van der Waals surface area contributed by atoms with Crippen LogP contribution in [-0.2, 0) is 0 Å². The van der Waals surface area contributed by atoms with Crippen LogP contribution in [0.2, 0.25) is 0 Å². The van der Waals surface area contributed by atoms with Gasteiger partial charge in [0.15, 0.2) is 0 Å². The molecule has 0 aliphatic carbocycles. The third-order valence-corrected chi connectivity index (χ3v) is 5.78. The average molecular weight is 300 g/mol. The molecular weight excluding hydrogens is 266 g/mol. The van der Waals surface area contributed by atoms with Crippen molar-refractivity contribution in [2.45, 2.75) is 57.0 Å². The standard InChI is InChI=1S/C16H33N3S/c1-20-13-5-6-16(14-17)19-11-7-15(8-12-19)18-9-3-2-4-10-18/h15-16H,2-14,17H2,1H3. The van der Waals surface area contributed by atoms with Crippen LogP contribution in [0.25, 0.3) is 0 Å². The van der Waals surface area contributed by atoms with E-state index in [0.717, 1.165) is 12.6 Å². The highest BCUT2D eigenvalue weighted by molar-refractivity contribution is 7.98. The number of rotatable bonds is 7. The fraction of sp³-hybridized carbons (Fsp3) is 1.00. The monoisotopic (exact) mass is 299 g/mol. The Hall–Kier alpha value is 0.230. The fourth-order valence-electron chi connectivity index (χ4n) is 3.81. The van der Waals surface area contributed by atoms with Crippen molar-refractivity contribution in [2.75, 3.05) is 44.7 Å². The van der Waals surface area contributed by atoms with Crippen molar-refractivity contribution in [1.29, 1.82) is 0 Å². The molecule has 2 aliphatic rings. The van der Waals surface area contributed by atoms with Gasteiger partial charge in [0.25, 0.3) is 0 Å². The third-order valence-electron chi connectivity index (χ3n) is 5.08. The maximum absolute atomic E-state index is 6.00. The number of hydrogen-bond donors (Lipinski definition) is 1. The van der Waals surface area contributed by atoms with Gasteiger partial charge >= 0.3 is 0 Å². The molecule has 1 unspecified atom stereocenters. The summed E-state index contributed by atoms with van der Waals surface area (Å²) >= 11 is 1.95. The van der Waals surface area contributed by atoms with Gasteiger partial charge in [-0.05, 0) is 76.7 Å². The van der Waals surface area contributed by atoms with Gasteiger partial charge in [-0.1, -0.05) is 6.42 Å². The SMILES string of the molecule is CSCCCC(CN)N1CCC(N2CCCCC2)CC1. The first-order valence-electron chi connectivity index (χ1n) is 8.52. The minimum absolute atomic E-state index is 0.629. The quantitative estimate of drug-likeness (QED) is 0.732. The van der Waals surface area contributed by atoms with Crippen LogP contribution in [0, 0.1) is 0 Å². The van der Waals surface area contributed by atoms with E-state index in [0.29, 0.717) is 6.04 Å². The Balaban J connectivity index is 1.71. The number of piperidine rings is 2. The Morgan fingerprint density at radius 3 is 2.40 bits per heavy atom. The molecule has 2 saturated heterocycles. The molecule has 2 fully saturated rings. The second-order valence-electron chi connectivity index (χ2n) is 6.39. The molecule has 20 heavy (non-hydrogen) atoms. The van der Waals surface area contributed by atoms with Gasteiger partial charge in [-0.25, -0.2) is 0 Å². The highest BCUT2D eigenvalue weighted by Crippen LogP contribution is 2.22. The van der Waals surface area contributed by atoms with Gasteiger partial charge < -0.3 is 10.6 Å². The number of thioether (sulfide) groups is 1. The van der Waals surface area contributed by atoms with Gasteiger partial charge in [0.05, 0.1) is 0 Å². The zero-order valence-corrected chi connectivity index (χ0v) is 14.0. The summed E-state index contributed by atoms with van der Waals surface area (Å²) in [5.41, 5.74) is 6.00. The second kappa shape index (κ2) is 9.29. The summed E-state index contributed by atoms with van der Waals surface area (Å²) in [6.07, 6.45) is 11.8. The van der Waals surface area contributed by atoms with Crippen molar-refractivity contribution in [3.63, 3.8) is 0 Å². The molecule has 0 aromatic carbocycles. The summed E-state index contributed by atoms with van der Waals surface area (Å²) in [6.45, 7) is 6.06. The Morgan fingerprint density at radius 2 is 1.80 bits per heavy atom. The zero-order chi connectivity index (χ0) is 14.2. The van der Waals surface area contributed by atoms with Crippen molar-refractivity contribution >= 4 is 11.8 Å². The molecule has 2 aliphatic heterocycles. The number of nitrogens with two attached hydrogens (primary N) is 1. The molecule has 0 aromatic heterocycles. The Morgan fingerprint density at radius 1 is 1.10 bits per heavy atom. The van der Waals surface area contributed by atoms with E-state index < -0.39 is 0 Å². The molecule has 0 aromatic rings. The van der Waals surface area contributed by atoms with E-state index in [9.17, 15) is 0 Å². The maximum Gasteiger partial charge on any atom is 0.0218 e. The lowest BCUT2D eigenvalue weighted by atomic mass is 9.98. The van der Waals surface area contributed by atoms with Crippen molar-refractivity contribution in [1.82, 2.24) is 9.80 Å². The van der Waals surface area contributed by atoms with Gasteiger partial charge in [-0.15, -0.1) is 0 Å². The molecule has 3 nitrogen and oxygen atoms in total. The minimum atomic E-state index is 0.629. The molecule has 0 amide bonds. The van der Waals surface area contributed by atoms with Crippen LogP contribution in [-0.4, -0.2) is 66.6 Å². The molecule has 0 saturated carbocycles. The van der Waals surface area contributed by atoms with Crippen molar-refractivity contribution < 1.29 is 0 Å². The van der Waals surface area contributed by atoms with E-state index >= 15 is 0 Å². The summed E-state index contributed by atoms with van der Waals surface area (Å²) < 4.78 is 0. The van der Waals surface area contributed by atoms with Crippen LogP contribution in [0.3, 0.4) is 0 Å². The molecule has 2 heterocycles. The van der Waals surface area contributed by atoms with Gasteiger partial charge in [0.2, 0.25) is 0 Å². The normalized spacial score (nSPS) is 24.9. The van der Waals surface area contributed by atoms with E-state index in [2.05, 4.69) is 16.1 Å². The Kier molecular flexibility index (Phi) is 7.71. The summed E-state index contributed by atoms with van der Waals surface area (Å²) in [5.74, 6) is 1.28. The van der Waals surface area contributed by atoms with Gasteiger partial charge in [-0.3, -0.25) is 4.90 Å². The van der Waals surface area contributed by atoms with Crippen LogP contribution < -0.4 is 5.73 Å². The molecule has 4 heteroatoms. The largest absolute Gasteiger partial charge is 0.329 e. The average Bonchev–Trinajstić information content (AvgIpc) is 2.53. The van der Waals surface area contributed by atoms with E-state index in [4.69, 9.17) is 5.73 Å². The first kappa shape index (κ1) is 16.6. The van der Waals surface area contributed by atoms with E-state index in [1.165, 1.54) is 76.9 Å².